The van der Waals surface area contributed by atoms with Crippen molar-refractivity contribution in [1.29, 1.82) is 0 Å². The fraction of sp³-hybridized carbons (Fsp3) is 0.333. The van der Waals surface area contributed by atoms with Gasteiger partial charge in [0.15, 0.2) is 0 Å². The minimum atomic E-state index is 0.614. The fourth-order valence-electron chi connectivity index (χ4n) is 2.10. The van der Waals surface area contributed by atoms with E-state index in [1.807, 2.05) is 12.1 Å². The second-order valence-electron chi connectivity index (χ2n) is 4.91. The molecule has 0 aliphatic carbocycles. The molecule has 0 atom stereocenters. The van der Waals surface area contributed by atoms with Gasteiger partial charge in [-0.2, -0.15) is 0 Å². The van der Waals surface area contributed by atoms with E-state index in [0.717, 1.165) is 25.3 Å². The first-order valence-corrected chi connectivity index (χ1v) is 8.60. The van der Waals surface area contributed by atoms with Crippen molar-refractivity contribution in [2.75, 3.05) is 12.8 Å². The summed E-state index contributed by atoms with van der Waals surface area (Å²) in [5.74, 6) is 0.920. The summed E-state index contributed by atoms with van der Waals surface area (Å²) >= 11 is 1.74. The van der Waals surface area contributed by atoms with E-state index in [0.29, 0.717) is 6.61 Å². The zero-order valence-electron chi connectivity index (χ0n) is 12.8. The molecule has 2 aromatic carbocycles. The number of rotatable bonds is 8. The van der Waals surface area contributed by atoms with Gasteiger partial charge in [-0.1, -0.05) is 31.2 Å². The summed E-state index contributed by atoms with van der Waals surface area (Å²) in [5, 5.41) is 3.45. The normalized spacial score (nSPS) is 10.6. The first kappa shape index (κ1) is 15.9. The van der Waals surface area contributed by atoms with E-state index < -0.39 is 0 Å². The highest BCUT2D eigenvalue weighted by Gasteiger charge is 2.03. The van der Waals surface area contributed by atoms with Gasteiger partial charge in [-0.25, -0.2) is 0 Å². The molecule has 0 aliphatic heterocycles. The van der Waals surface area contributed by atoms with Crippen LogP contribution in [0.4, 0.5) is 0 Å². The van der Waals surface area contributed by atoms with Gasteiger partial charge in [0, 0.05) is 11.4 Å². The van der Waals surface area contributed by atoms with Crippen molar-refractivity contribution < 1.29 is 4.74 Å². The van der Waals surface area contributed by atoms with Gasteiger partial charge >= 0.3 is 0 Å². The van der Waals surface area contributed by atoms with E-state index >= 15 is 0 Å². The lowest BCUT2D eigenvalue weighted by molar-refractivity contribution is 0.304. The van der Waals surface area contributed by atoms with E-state index in [-0.39, 0.29) is 0 Å². The zero-order chi connectivity index (χ0) is 14.9. The van der Waals surface area contributed by atoms with Crippen molar-refractivity contribution in [3.8, 4) is 5.75 Å². The molecule has 0 unspecified atom stereocenters. The van der Waals surface area contributed by atoms with Crippen molar-refractivity contribution in [3.05, 3.63) is 59.7 Å². The highest BCUT2D eigenvalue weighted by atomic mass is 32.2. The molecule has 0 bridgehead atoms. The summed E-state index contributed by atoms with van der Waals surface area (Å²) in [4.78, 5) is 1.26. The molecule has 0 saturated heterocycles. The second kappa shape index (κ2) is 8.75. The van der Waals surface area contributed by atoms with Crippen LogP contribution in [-0.2, 0) is 13.2 Å². The molecule has 0 fully saturated rings. The van der Waals surface area contributed by atoms with Gasteiger partial charge in [-0.05, 0) is 54.6 Å². The van der Waals surface area contributed by atoms with Crippen molar-refractivity contribution in [1.82, 2.24) is 5.32 Å². The van der Waals surface area contributed by atoms with Gasteiger partial charge < -0.3 is 10.1 Å². The molecule has 3 heteroatoms. The van der Waals surface area contributed by atoms with Crippen LogP contribution >= 0.6 is 11.8 Å². The Morgan fingerprint density at radius 2 is 1.71 bits per heavy atom. The van der Waals surface area contributed by atoms with E-state index in [1.54, 1.807) is 11.8 Å². The fourth-order valence-corrected chi connectivity index (χ4v) is 2.51. The van der Waals surface area contributed by atoms with Crippen molar-refractivity contribution in [2.24, 2.45) is 0 Å². The Morgan fingerprint density at radius 1 is 1.00 bits per heavy atom. The Bertz CT molecular complexity index is 539. The smallest absolute Gasteiger partial charge is 0.119 e. The summed E-state index contributed by atoms with van der Waals surface area (Å²) < 4.78 is 5.90. The zero-order valence-corrected chi connectivity index (χ0v) is 13.6. The van der Waals surface area contributed by atoms with Crippen LogP contribution in [0.1, 0.15) is 24.5 Å². The van der Waals surface area contributed by atoms with Gasteiger partial charge in [-0.15, -0.1) is 11.8 Å². The summed E-state index contributed by atoms with van der Waals surface area (Å²) in [5.41, 5.74) is 2.56. The maximum atomic E-state index is 5.90. The van der Waals surface area contributed by atoms with Crippen LogP contribution in [-0.4, -0.2) is 12.8 Å². The van der Waals surface area contributed by atoms with Crippen molar-refractivity contribution in [3.63, 3.8) is 0 Å². The van der Waals surface area contributed by atoms with Gasteiger partial charge in [0.05, 0.1) is 0 Å². The Kier molecular flexibility index (Phi) is 6.64. The molecule has 0 amide bonds. The molecule has 0 spiro atoms. The number of nitrogens with one attached hydrogen (secondary N) is 1. The highest BCUT2D eigenvalue weighted by molar-refractivity contribution is 7.98. The summed E-state index contributed by atoms with van der Waals surface area (Å²) in [6, 6.07) is 16.7. The number of ether oxygens (including phenoxy) is 1. The standard InChI is InChI=1S/C18H23NOS/c1-3-12-19-13-15-6-4-5-7-16(15)14-20-17-8-10-18(21-2)11-9-17/h4-11,19H,3,12-14H2,1-2H3. The highest BCUT2D eigenvalue weighted by Crippen LogP contribution is 2.20. The number of thioether (sulfide) groups is 1. The topological polar surface area (TPSA) is 21.3 Å². The molecule has 2 nitrogen and oxygen atoms in total. The molecule has 0 radical (unpaired) electrons. The van der Waals surface area contributed by atoms with Gasteiger partial charge in [-0.3, -0.25) is 0 Å². The molecule has 0 aliphatic rings. The third-order valence-electron chi connectivity index (χ3n) is 3.31. The van der Waals surface area contributed by atoms with Crippen LogP contribution in [0.3, 0.4) is 0 Å². The Morgan fingerprint density at radius 3 is 2.38 bits per heavy atom. The number of hydrogen-bond acceptors (Lipinski definition) is 3. The van der Waals surface area contributed by atoms with Crippen molar-refractivity contribution in [2.45, 2.75) is 31.4 Å². The van der Waals surface area contributed by atoms with Crippen LogP contribution in [0.25, 0.3) is 0 Å². The molecule has 2 aromatic rings. The largest absolute Gasteiger partial charge is 0.489 e. The maximum absolute atomic E-state index is 5.90. The van der Waals surface area contributed by atoms with Gasteiger partial charge in [0.2, 0.25) is 0 Å². The Balaban J connectivity index is 1.95. The lowest BCUT2D eigenvalue weighted by atomic mass is 10.1. The minimum Gasteiger partial charge on any atom is -0.489 e. The first-order chi connectivity index (χ1) is 10.3. The lowest BCUT2D eigenvalue weighted by Crippen LogP contribution is -2.15. The van der Waals surface area contributed by atoms with E-state index in [2.05, 4.69) is 54.9 Å². The maximum Gasteiger partial charge on any atom is 0.119 e. The molecular formula is C18H23NOS. The third-order valence-corrected chi connectivity index (χ3v) is 4.06. The third kappa shape index (κ3) is 5.10. The predicted octanol–water partition coefficient (Wildman–Crippen LogP) is 4.49. The average Bonchev–Trinajstić information content (AvgIpc) is 2.54. The number of benzene rings is 2. The van der Waals surface area contributed by atoms with Crippen molar-refractivity contribution >= 4 is 11.8 Å². The molecule has 2 rings (SSSR count). The summed E-state index contributed by atoms with van der Waals surface area (Å²) in [7, 11) is 0. The second-order valence-corrected chi connectivity index (χ2v) is 5.79. The minimum absolute atomic E-state index is 0.614. The molecule has 0 aromatic heterocycles. The van der Waals surface area contributed by atoms with Crippen LogP contribution in [0.2, 0.25) is 0 Å². The molecular weight excluding hydrogens is 278 g/mol. The molecule has 21 heavy (non-hydrogen) atoms. The average molecular weight is 301 g/mol. The lowest BCUT2D eigenvalue weighted by Gasteiger charge is -2.12. The monoisotopic (exact) mass is 301 g/mol. The summed E-state index contributed by atoms with van der Waals surface area (Å²) in [6.07, 6.45) is 3.23. The summed E-state index contributed by atoms with van der Waals surface area (Å²) in [6.45, 7) is 4.74. The van der Waals surface area contributed by atoms with E-state index in [4.69, 9.17) is 4.74 Å². The molecule has 0 saturated carbocycles. The quantitative estimate of drug-likeness (QED) is 0.573. The SMILES string of the molecule is CCCNCc1ccccc1COc1ccc(SC)cc1. The Hall–Kier alpha value is -1.45. The van der Waals surface area contributed by atoms with Gasteiger partial charge in [0.25, 0.3) is 0 Å². The Labute approximate surface area is 131 Å². The van der Waals surface area contributed by atoms with Crippen LogP contribution < -0.4 is 10.1 Å². The number of hydrogen-bond donors (Lipinski definition) is 1. The van der Waals surface area contributed by atoms with Crippen LogP contribution in [0, 0.1) is 0 Å². The first-order valence-electron chi connectivity index (χ1n) is 7.38. The van der Waals surface area contributed by atoms with Gasteiger partial charge in [0.1, 0.15) is 12.4 Å². The van der Waals surface area contributed by atoms with E-state index in [9.17, 15) is 0 Å². The molecule has 0 heterocycles. The molecule has 112 valence electrons. The predicted molar refractivity (Wildman–Crippen MR) is 91.0 cm³/mol. The molecule has 1 N–H and O–H groups in total. The van der Waals surface area contributed by atoms with E-state index in [1.165, 1.54) is 16.0 Å². The van der Waals surface area contributed by atoms with Crippen LogP contribution in [0.5, 0.6) is 5.75 Å². The van der Waals surface area contributed by atoms with Crippen LogP contribution in [0.15, 0.2) is 53.4 Å².